The number of rotatable bonds is 2. The van der Waals surface area contributed by atoms with Crippen LogP contribution in [0, 0.1) is 0 Å². The summed E-state index contributed by atoms with van der Waals surface area (Å²) in [6, 6.07) is 8.55. The zero-order valence-electron chi connectivity index (χ0n) is 11.1. The number of methoxy groups -OCH3 is 1. The van der Waals surface area contributed by atoms with E-state index in [1.54, 1.807) is 7.11 Å². The minimum absolute atomic E-state index is 0.626. The van der Waals surface area contributed by atoms with E-state index < -0.39 is 0 Å². The summed E-state index contributed by atoms with van der Waals surface area (Å²) in [7, 11) is 3.90. The third kappa shape index (κ3) is 1.79. The molecular weight excluding hydrogens is 224 g/mol. The maximum absolute atomic E-state index is 5.45. The lowest BCUT2D eigenvalue weighted by Gasteiger charge is -2.23. The fourth-order valence-electron chi connectivity index (χ4n) is 3.03. The molecule has 0 aliphatic carbocycles. The molecule has 2 aromatic rings. The van der Waals surface area contributed by atoms with E-state index in [0.717, 1.165) is 18.8 Å². The molecule has 1 aromatic heterocycles. The summed E-state index contributed by atoms with van der Waals surface area (Å²) in [5.74, 6) is 1.60. The maximum atomic E-state index is 5.45. The molecule has 3 rings (SSSR count). The Morgan fingerprint density at radius 2 is 2.28 bits per heavy atom. The lowest BCUT2D eigenvalue weighted by Crippen LogP contribution is -2.29. The van der Waals surface area contributed by atoms with Gasteiger partial charge >= 0.3 is 0 Å². The van der Waals surface area contributed by atoms with E-state index in [1.165, 1.54) is 29.4 Å². The van der Waals surface area contributed by atoms with Gasteiger partial charge in [-0.05, 0) is 37.6 Å². The summed E-state index contributed by atoms with van der Waals surface area (Å²) >= 11 is 0. The van der Waals surface area contributed by atoms with Gasteiger partial charge in [0, 0.05) is 30.6 Å². The second-order valence-corrected chi connectivity index (χ2v) is 5.06. The highest BCUT2D eigenvalue weighted by Crippen LogP contribution is 2.33. The van der Waals surface area contributed by atoms with E-state index in [2.05, 4.69) is 35.1 Å². The zero-order valence-corrected chi connectivity index (χ0v) is 11.1. The van der Waals surface area contributed by atoms with Crippen LogP contribution in [0.3, 0.4) is 0 Å². The molecule has 1 N–H and O–H groups in total. The number of benzene rings is 1. The molecular formula is C15H20N2O. The standard InChI is InChI=1S/C15H20N2O/c1-17-13-6-3-7-15(18-2)12(13)9-14(17)11-5-4-8-16-10-11/h3,6-7,9,11,16H,4-5,8,10H2,1-2H3. The summed E-state index contributed by atoms with van der Waals surface area (Å²) in [6.45, 7) is 2.25. The summed E-state index contributed by atoms with van der Waals surface area (Å²) in [6.07, 6.45) is 2.54. The van der Waals surface area contributed by atoms with Gasteiger partial charge < -0.3 is 14.6 Å². The van der Waals surface area contributed by atoms with Crippen molar-refractivity contribution in [3.8, 4) is 5.75 Å². The number of nitrogens with one attached hydrogen (secondary N) is 1. The number of aromatic nitrogens is 1. The molecule has 1 saturated heterocycles. The van der Waals surface area contributed by atoms with Gasteiger partial charge in [-0.2, -0.15) is 0 Å². The number of aryl methyl sites for hydroxylation is 1. The van der Waals surface area contributed by atoms with Gasteiger partial charge in [0.1, 0.15) is 5.75 Å². The average Bonchev–Trinajstić information content (AvgIpc) is 2.77. The van der Waals surface area contributed by atoms with E-state index >= 15 is 0 Å². The van der Waals surface area contributed by atoms with Crippen molar-refractivity contribution in [2.45, 2.75) is 18.8 Å². The van der Waals surface area contributed by atoms with Crippen LogP contribution in [0.15, 0.2) is 24.3 Å². The van der Waals surface area contributed by atoms with Crippen molar-refractivity contribution < 1.29 is 4.74 Å². The van der Waals surface area contributed by atoms with E-state index in [-0.39, 0.29) is 0 Å². The molecule has 1 atom stereocenters. The molecule has 1 fully saturated rings. The van der Waals surface area contributed by atoms with Crippen LogP contribution in [-0.4, -0.2) is 24.8 Å². The first-order valence-electron chi connectivity index (χ1n) is 6.64. The normalized spacial score (nSPS) is 20.2. The Balaban J connectivity index is 2.09. The van der Waals surface area contributed by atoms with Crippen molar-refractivity contribution in [2.75, 3.05) is 20.2 Å². The van der Waals surface area contributed by atoms with Crippen LogP contribution in [0.25, 0.3) is 10.9 Å². The van der Waals surface area contributed by atoms with Crippen molar-refractivity contribution >= 4 is 10.9 Å². The summed E-state index contributed by atoms with van der Waals surface area (Å²) in [4.78, 5) is 0. The van der Waals surface area contributed by atoms with Crippen LogP contribution < -0.4 is 10.1 Å². The van der Waals surface area contributed by atoms with Gasteiger partial charge in [0.2, 0.25) is 0 Å². The third-order valence-electron chi connectivity index (χ3n) is 4.02. The van der Waals surface area contributed by atoms with Crippen LogP contribution in [0.5, 0.6) is 5.75 Å². The molecule has 1 unspecified atom stereocenters. The van der Waals surface area contributed by atoms with Gasteiger partial charge in [-0.25, -0.2) is 0 Å². The summed E-state index contributed by atoms with van der Waals surface area (Å²) in [5.41, 5.74) is 2.68. The van der Waals surface area contributed by atoms with Crippen LogP contribution in [0.2, 0.25) is 0 Å². The predicted molar refractivity (Wildman–Crippen MR) is 74.3 cm³/mol. The lowest BCUT2D eigenvalue weighted by molar-refractivity contribution is 0.420. The second-order valence-electron chi connectivity index (χ2n) is 5.06. The smallest absolute Gasteiger partial charge is 0.128 e. The first-order chi connectivity index (χ1) is 8.81. The van der Waals surface area contributed by atoms with Crippen molar-refractivity contribution in [2.24, 2.45) is 7.05 Å². The van der Waals surface area contributed by atoms with Gasteiger partial charge in [-0.3, -0.25) is 0 Å². The Morgan fingerprint density at radius 3 is 3.00 bits per heavy atom. The molecule has 2 heterocycles. The first kappa shape index (κ1) is 11.6. The van der Waals surface area contributed by atoms with Gasteiger partial charge in [0.15, 0.2) is 0 Å². The van der Waals surface area contributed by atoms with Crippen LogP contribution in [0.4, 0.5) is 0 Å². The zero-order chi connectivity index (χ0) is 12.5. The maximum Gasteiger partial charge on any atom is 0.128 e. The number of piperidine rings is 1. The van der Waals surface area contributed by atoms with E-state index in [1.807, 2.05) is 6.07 Å². The molecule has 3 nitrogen and oxygen atoms in total. The van der Waals surface area contributed by atoms with Crippen molar-refractivity contribution in [3.63, 3.8) is 0 Å². The Labute approximate surface area is 108 Å². The fourth-order valence-corrected chi connectivity index (χ4v) is 3.03. The molecule has 18 heavy (non-hydrogen) atoms. The molecule has 0 radical (unpaired) electrons. The predicted octanol–water partition coefficient (Wildman–Crippen LogP) is 2.65. The number of hydrogen-bond acceptors (Lipinski definition) is 2. The fraction of sp³-hybridized carbons (Fsp3) is 0.467. The molecule has 0 bridgehead atoms. The molecule has 1 aliphatic rings. The van der Waals surface area contributed by atoms with Gasteiger partial charge in [-0.1, -0.05) is 6.07 Å². The molecule has 1 aliphatic heterocycles. The highest BCUT2D eigenvalue weighted by atomic mass is 16.5. The minimum Gasteiger partial charge on any atom is -0.496 e. The van der Waals surface area contributed by atoms with E-state index in [4.69, 9.17) is 4.74 Å². The van der Waals surface area contributed by atoms with Gasteiger partial charge in [-0.15, -0.1) is 0 Å². The Morgan fingerprint density at radius 1 is 1.39 bits per heavy atom. The molecule has 0 saturated carbocycles. The topological polar surface area (TPSA) is 26.2 Å². The largest absolute Gasteiger partial charge is 0.496 e. The summed E-state index contributed by atoms with van der Waals surface area (Å²) < 4.78 is 7.77. The van der Waals surface area contributed by atoms with Crippen molar-refractivity contribution in [3.05, 3.63) is 30.0 Å². The van der Waals surface area contributed by atoms with Crippen LogP contribution in [-0.2, 0) is 7.05 Å². The quantitative estimate of drug-likeness (QED) is 0.879. The molecule has 96 valence electrons. The second kappa shape index (κ2) is 4.65. The monoisotopic (exact) mass is 244 g/mol. The summed E-state index contributed by atoms with van der Waals surface area (Å²) in [5, 5.41) is 4.71. The van der Waals surface area contributed by atoms with Crippen molar-refractivity contribution in [1.29, 1.82) is 0 Å². The average molecular weight is 244 g/mol. The van der Waals surface area contributed by atoms with Crippen LogP contribution in [0.1, 0.15) is 24.5 Å². The third-order valence-corrected chi connectivity index (χ3v) is 4.02. The minimum atomic E-state index is 0.626. The number of hydrogen-bond donors (Lipinski definition) is 1. The molecule has 0 amide bonds. The highest BCUT2D eigenvalue weighted by molar-refractivity contribution is 5.87. The number of ether oxygens (including phenoxy) is 1. The van der Waals surface area contributed by atoms with Crippen molar-refractivity contribution in [1.82, 2.24) is 9.88 Å². The molecule has 3 heteroatoms. The number of nitrogens with zero attached hydrogens (tertiary/aromatic N) is 1. The lowest BCUT2D eigenvalue weighted by atomic mass is 9.96. The Hall–Kier alpha value is -1.48. The molecule has 0 spiro atoms. The first-order valence-corrected chi connectivity index (χ1v) is 6.64. The SMILES string of the molecule is COc1cccc2c1cc(C1CCCNC1)n2C. The van der Waals surface area contributed by atoms with Gasteiger partial charge in [0.25, 0.3) is 0 Å². The number of fused-ring (bicyclic) bond motifs is 1. The van der Waals surface area contributed by atoms with Crippen LogP contribution >= 0.6 is 0 Å². The Bertz CT molecular complexity index is 553. The van der Waals surface area contributed by atoms with Gasteiger partial charge in [0.05, 0.1) is 12.6 Å². The highest BCUT2D eigenvalue weighted by Gasteiger charge is 2.20. The van der Waals surface area contributed by atoms with E-state index in [0.29, 0.717) is 5.92 Å². The van der Waals surface area contributed by atoms with E-state index in [9.17, 15) is 0 Å². The molecule has 1 aromatic carbocycles. The Kier molecular flexibility index (Phi) is 3.00.